The molecule has 0 saturated carbocycles. The molecule has 0 bridgehead atoms. The van der Waals surface area contributed by atoms with Crippen molar-refractivity contribution < 1.29 is 8.42 Å². The third-order valence-electron chi connectivity index (χ3n) is 3.67. The second kappa shape index (κ2) is 8.18. The van der Waals surface area contributed by atoms with E-state index in [0.717, 1.165) is 11.1 Å². The average Bonchev–Trinajstić information content (AvgIpc) is 3.10. The second-order valence-corrected chi connectivity index (χ2v) is 8.36. The molecule has 1 N–H and O–H groups in total. The van der Waals surface area contributed by atoms with E-state index in [1.807, 2.05) is 24.3 Å². The molecule has 6 nitrogen and oxygen atoms in total. The van der Waals surface area contributed by atoms with Crippen molar-refractivity contribution in [2.75, 3.05) is 0 Å². The maximum absolute atomic E-state index is 12.2. The lowest BCUT2D eigenvalue weighted by Crippen LogP contribution is -2.24. The van der Waals surface area contributed by atoms with Gasteiger partial charge in [0.1, 0.15) is 12.7 Å². The Balaban J connectivity index is 1.57. The minimum absolute atomic E-state index is 0.158. The number of sulfonamides is 1. The number of halogens is 2. The molecule has 0 fully saturated rings. The van der Waals surface area contributed by atoms with Crippen LogP contribution in [-0.4, -0.2) is 23.2 Å². The third-order valence-corrected chi connectivity index (χ3v) is 5.71. The van der Waals surface area contributed by atoms with Crippen LogP contribution in [0.5, 0.6) is 0 Å². The first-order chi connectivity index (χ1) is 12.4. The van der Waals surface area contributed by atoms with Gasteiger partial charge in [-0.2, -0.15) is 5.10 Å². The first-order valence-electron chi connectivity index (χ1n) is 7.73. The summed E-state index contributed by atoms with van der Waals surface area (Å²) >= 11 is 11.8. The van der Waals surface area contributed by atoms with Crippen LogP contribution in [-0.2, 0) is 28.9 Å². The number of benzene rings is 2. The van der Waals surface area contributed by atoms with E-state index in [9.17, 15) is 8.42 Å². The lowest BCUT2D eigenvalue weighted by atomic mass is 10.1. The van der Waals surface area contributed by atoms with Gasteiger partial charge >= 0.3 is 0 Å². The van der Waals surface area contributed by atoms with Gasteiger partial charge in [-0.05, 0) is 28.8 Å². The van der Waals surface area contributed by atoms with Crippen molar-refractivity contribution >= 4 is 33.2 Å². The molecule has 1 heterocycles. The van der Waals surface area contributed by atoms with Crippen molar-refractivity contribution in [2.24, 2.45) is 0 Å². The van der Waals surface area contributed by atoms with Crippen LogP contribution in [0.1, 0.15) is 16.7 Å². The first kappa shape index (κ1) is 18.8. The van der Waals surface area contributed by atoms with Crippen LogP contribution >= 0.6 is 23.2 Å². The number of aromatic nitrogens is 3. The molecule has 3 aromatic rings. The molecule has 0 atom stereocenters. The molecule has 26 heavy (non-hydrogen) atoms. The van der Waals surface area contributed by atoms with Gasteiger partial charge in [-0.15, -0.1) is 0 Å². The minimum Gasteiger partial charge on any atom is -0.249 e. The van der Waals surface area contributed by atoms with Gasteiger partial charge in [-0.1, -0.05) is 53.5 Å². The van der Waals surface area contributed by atoms with Gasteiger partial charge in [-0.3, -0.25) is 0 Å². The lowest BCUT2D eigenvalue weighted by Gasteiger charge is -2.08. The molecular formula is C17H16Cl2N4O2S. The molecule has 3 rings (SSSR count). The zero-order chi connectivity index (χ0) is 18.6. The SMILES string of the molecule is O=S(=O)(Cc1ccc(Cl)c(Cl)c1)NCc1ccc(Cn2cncn2)cc1. The predicted molar refractivity (Wildman–Crippen MR) is 101 cm³/mol. The summed E-state index contributed by atoms with van der Waals surface area (Å²) in [5.74, 6) is -0.158. The molecule has 2 aromatic carbocycles. The Morgan fingerprint density at radius 1 is 0.962 bits per heavy atom. The van der Waals surface area contributed by atoms with Crippen molar-refractivity contribution in [3.63, 3.8) is 0 Å². The monoisotopic (exact) mass is 410 g/mol. The number of nitrogens with one attached hydrogen (secondary N) is 1. The molecular weight excluding hydrogens is 395 g/mol. The topological polar surface area (TPSA) is 76.9 Å². The van der Waals surface area contributed by atoms with E-state index >= 15 is 0 Å². The van der Waals surface area contributed by atoms with Crippen LogP contribution in [0.2, 0.25) is 10.0 Å². The molecule has 0 aliphatic heterocycles. The van der Waals surface area contributed by atoms with Crippen molar-refractivity contribution in [3.05, 3.63) is 81.9 Å². The van der Waals surface area contributed by atoms with Crippen molar-refractivity contribution in [1.82, 2.24) is 19.5 Å². The fraction of sp³-hybridized carbons (Fsp3) is 0.176. The van der Waals surface area contributed by atoms with Crippen LogP contribution < -0.4 is 4.72 Å². The van der Waals surface area contributed by atoms with Gasteiger partial charge in [0.25, 0.3) is 0 Å². The van der Waals surface area contributed by atoms with Crippen LogP contribution in [0.4, 0.5) is 0 Å². The van der Waals surface area contributed by atoms with Crippen molar-refractivity contribution in [2.45, 2.75) is 18.8 Å². The van der Waals surface area contributed by atoms with Gasteiger partial charge in [0.15, 0.2) is 0 Å². The summed E-state index contributed by atoms with van der Waals surface area (Å²) in [4.78, 5) is 3.90. The summed E-state index contributed by atoms with van der Waals surface area (Å²) in [6.45, 7) is 0.830. The molecule has 0 saturated heterocycles. The molecule has 9 heteroatoms. The zero-order valence-electron chi connectivity index (χ0n) is 13.6. The molecule has 136 valence electrons. The summed E-state index contributed by atoms with van der Waals surface area (Å²) < 4.78 is 28.8. The number of rotatable bonds is 7. The van der Waals surface area contributed by atoms with Crippen molar-refractivity contribution in [1.29, 1.82) is 0 Å². The van der Waals surface area contributed by atoms with E-state index in [-0.39, 0.29) is 12.3 Å². The molecule has 1 aromatic heterocycles. The Kier molecular flexibility index (Phi) is 5.93. The Labute approximate surface area is 161 Å². The van der Waals surface area contributed by atoms with Crippen LogP contribution in [0.15, 0.2) is 55.1 Å². The highest BCUT2D eigenvalue weighted by Gasteiger charge is 2.12. The summed E-state index contributed by atoms with van der Waals surface area (Å²) in [5.41, 5.74) is 2.50. The van der Waals surface area contributed by atoms with E-state index < -0.39 is 10.0 Å². The van der Waals surface area contributed by atoms with Gasteiger partial charge in [-0.25, -0.2) is 22.8 Å². The quantitative estimate of drug-likeness (QED) is 0.648. The normalized spacial score (nSPS) is 11.6. The predicted octanol–water partition coefficient (Wildman–Crippen LogP) is 3.25. The van der Waals surface area contributed by atoms with Crippen LogP contribution in [0, 0.1) is 0 Å². The Hall–Kier alpha value is -1.93. The highest BCUT2D eigenvalue weighted by atomic mass is 35.5. The number of hydrogen-bond acceptors (Lipinski definition) is 4. The second-order valence-electron chi connectivity index (χ2n) is 5.74. The Bertz CT molecular complexity index is 975. The molecule has 0 spiro atoms. The number of nitrogens with zero attached hydrogens (tertiary/aromatic N) is 3. The Morgan fingerprint density at radius 3 is 2.31 bits per heavy atom. The van der Waals surface area contributed by atoms with Gasteiger partial charge in [0, 0.05) is 6.54 Å². The minimum atomic E-state index is -3.49. The van der Waals surface area contributed by atoms with Gasteiger partial charge in [0.2, 0.25) is 10.0 Å². The third kappa shape index (κ3) is 5.28. The molecule has 0 radical (unpaired) electrons. The van der Waals surface area contributed by atoms with Crippen LogP contribution in [0.25, 0.3) is 0 Å². The van der Waals surface area contributed by atoms with Crippen molar-refractivity contribution in [3.8, 4) is 0 Å². The fourth-order valence-electron chi connectivity index (χ4n) is 2.36. The molecule has 0 aliphatic rings. The average molecular weight is 411 g/mol. The van der Waals surface area contributed by atoms with Gasteiger partial charge in [0.05, 0.1) is 22.3 Å². The lowest BCUT2D eigenvalue weighted by molar-refractivity contribution is 0.580. The van der Waals surface area contributed by atoms with Crippen LogP contribution in [0.3, 0.4) is 0 Å². The Morgan fingerprint density at radius 2 is 1.65 bits per heavy atom. The zero-order valence-corrected chi connectivity index (χ0v) is 16.0. The molecule has 0 aliphatic carbocycles. The maximum atomic E-state index is 12.2. The smallest absolute Gasteiger partial charge is 0.216 e. The van der Waals surface area contributed by atoms with E-state index in [0.29, 0.717) is 22.2 Å². The van der Waals surface area contributed by atoms with E-state index in [1.165, 1.54) is 6.33 Å². The summed E-state index contributed by atoms with van der Waals surface area (Å²) in [7, 11) is -3.49. The van der Waals surface area contributed by atoms with E-state index in [4.69, 9.17) is 23.2 Å². The fourth-order valence-corrected chi connectivity index (χ4v) is 3.78. The summed E-state index contributed by atoms with van der Waals surface area (Å²) in [6.07, 6.45) is 3.13. The summed E-state index contributed by atoms with van der Waals surface area (Å²) in [6, 6.07) is 12.4. The van der Waals surface area contributed by atoms with Gasteiger partial charge < -0.3 is 0 Å². The first-order valence-corrected chi connectivity index (χ1v) is 10.1. The highest BCUT2D eigenvalue weighted by molar-refractivity contribution is 7.88. The molecule has 0 unspecified atom stereocenters. The maximum Gasteiger partial charge on any atom is 0.216 e. The summed E-state index contributed by atoms with van der Waals surface area (Å²) in [5, 5.41) is 4.78. The standard InChI is InChI=1S/C17H16Cl2N4O2S/c18-16-6-5-15(7-17(16)19)10-26(24,25)22-8-13-1-3-14(4-2-13)9-23-12-20-11-21-23/h1-7,11-12,22H,8-10H2. The van der Waals surface area contributed by atoms with E-state index in [1.54, 1.807) is 29.2 Å². The highest BCUT2D eigenvalue weighted by Crippen LogP contribution is 2.23. The number of hydrogen-bond donors (Lipinski definition) is 1. The molecule has 0 amide bonds. The van der Waals surface area contributed by atoms with E-state index in [2.05, 4.69) is 14.8 Å². The largest absolute Gasteiger partial charge is 0.249 e.